The Hall–Kier alpha value is -2.61. The third-order valence-corrected chi connectivity index (χ3v) is 4.21. The lowest BCUT2D eigenvalue weighted by Crippen LogP contribution is -2.37. The number of nitrogens with one attached hydrogen (secondary N) is 1. The minimum Gasteiger partial charge on any atom is -0.493 e. The third kappa shape index (κ3) is 3.58. The van der Waals surface area contributed by atoms with Gasteiger partial charge in [0.2, 0.25) is 5.91 Å². The fraction of sp³-hybridized carbons (Fsp3) is 0.471. The molecule has 0 saturated carbocycles. The molecule has 3 rings (SSSR count). The largest absolute Gasteiger partial charge is 0.493 e. The van der Waals surface area contributed by atoms with Gasteiger partial charge in [0.25, 0.3) is 5.56 Å². The van der Waals surface area contributed by atoms with Gasteiger partial charge < -0.3 is 19.5 Å². The number of benzene rings is 1. The van der Waals surface area contributed by atoms with Gasteiger partial charge in [-0.2, -0.15) is 5.10 Å². The van der Waals surface area contributed by atoms with Crippen molar-refractivity contribution in [3.63, 3.8) is 0 Å². The molecule has 8 nitrogen and oxygen atoms in total. The smallest absolute Gasteiger partial charge is 0.279 e. The number of amides is 1. The summed E-state index contributed by atoms with van der Waals surface area (Å²) in [5, 5.41) is 7.81. The van der Waals surface area contributed by atoms with Gasteiger partial charge in [-0.3, -0.25) is 9.59 Å². The normalized spacial score (nSPS) is 16.8. The van der Waals surface area contributed by atoms with E-state index >= 15 is 0 Å². The number of hydrogen-bond acceptors (Lipinski definition) is 6. The van der Waals surface area contributed by atoms with Crippen molar-refractivity contribution in [1.29, 1.82) is 0 Å². The van der Waals surface area contributed by atoms with E-state index in [4.69, 9.17) is 14.2 Å². The summed E-state index contributed by atoms with van der Waals surface area (Å²) in [4.78, 5) is 24.8. The van der Waals surface area contributed by atoms with Gasteiger partial charge in [-0.25, -0.2) is 4.68 Å². The van der Waals surface area contributed by atoms with Gasteiger partial charge >= 0.3 is 0 Å². The lowest BCUT2D eigenvalue weighted by Gasteiger charge is -2.13. The Balaban J connectivity index is 1.82. The van der Waals surface area contributed by atoms with Crippen molar-refractivity contribution < 1.29 is 19.0 Å². The van der Waals surface area contributed by atoms with Crippen LogP contribution < -0.4 is 20.3 Å². The van der Waals surface area contributed by atoms with Crippen molar-refractivity contribution in [2.75, 3.05) is 27.4 Å². The SMILES string of the molecule is COc1ccc2cnn(CC(=O)NC[C@@H]3CCCO3)c(=O)c2c1OC. The predicted octanol–water partition coefficient (Wildman–Crippen LogP) is 0.709. The lowest BCUT2D eigenvalue weighted by molar-refractivity contribution is -0.122. The number of rotatable bonds is 6. The van der Waals surface area contributed by atoms with Crippen LogP contribution in [0.15, 0.2) is 23.1 Å². The summed E-state index contributed by atoms with van der Waals surface area (Å²) in [6.07, 6.45) is 3.53. The van der Waals surface area contributed by atoms with Gasteiger partial charge in [0.1, 0.15) is 6.54 Å². The minimum absolute atomic E-state index is 0.0505. The maximum atomic E-state index is 12.7. The Kier molecular flexibility index (Phi) is 5.18. The molecular formula is C17H21N3O5. The number of hydrogen-bond donors (Lipinski definition) is 1. The average Bonchev–Trinajstić information content (AvgIpc) is 3.15. The molecule has 2 heterocycles. The molecule has 1 aliphatic rings. The van der Waals surface area contributed by atoms with Crippen LogP contribution in [0.3, 0.4) is 0 Å². The second kappa shape index (κ2) is 7.52. The first-order valence-electron chi connectivity index (χ1n) is 8.13. The van der Waals surface area contributed by atoms with Crippen molar-refractivity contribution in [1.82, 2.24) is 15.1 Å². The molecule has 0 bridgehead atoms. The van der Waals surface area contributed by atoms with E-state index in [1.165, 1.54) is 20.4 Å². The number of nitrogens with zero attached hydrogens (tertiary/aromatic N) is 2. The zero-order chi connectivity index (χ0) is 17.8. The highest BCUT2D eigenvalue weighted by molar-refractivity contribution is 5.89. The number of ether oxygens (including phenoxy) is 3. The number of carbonyl (C=O) groups excluding carboxylic acids is 1. The van der Waals surface area contributed by atoms with Gasteiger partial charge in [-0.05, 0) is 25.0 Å². The number of carbonyl (C=O) groups is 1. The topological polar surface area (TPSA) is 91.7 Å². The van der Waals surface area contributed by atoms with Crippen LogP contribution in [0.5, 0.6) is 11.5 Å². The number of aromatic nitrogens is 2. The van der Waals surface area contributed by atoms with Crippen LogP contribution >= 0.6 is 0 Å². The van der Waals surface area contributed by atoms with Crippen LogP contribution in [0.4, 0.5) is 0 Å². The maximum Gasteiger partial charge on any atom is 0.279 e. The first-order chi connectivity index (χ1) is 12.1. The number of fused-ring (bicyclic) bond motifs is 1. The molecule has 0 spiro atoms. The highest BCUT2D eigenvalue weighted by atomic mass is 16.5. The predicted molar refractivity (Wildman–Crippen MR) is 91.1 cm³/mol. The quantitative estimate of drug-likeness (QED) is 0.827. The summed E-state index contributed by atoms with van der Waals surface area (Å²) in [6.45, 7) is 1.01. The Labute approximate surface area is 144 Å². The molecule has 1 N–H and O–H groups in total. The molecule has 25 heavy (non-hydrogen) atoms. The van der Waals surface area contributed by atoms with Crippen molar-refractivity contribution in [3.8, 4) is 11.5 Å². The molecule has 0 aliphatic carbocycles. The van der Waals surface area contributed by atoms with E-state index in [0.717, 1.165) is 24.1 Å². The van der Waals surface area contributed by atoms with E-state index in [1.54, 1.807) is 12.1 Å². The van der Waals surface area contributed by atoms with E-state index in [9.17, 15) is 9.59 Å². The second-order valence-electron chi connectivity index (χ2n) is 5.81. The summed E-state index contributed by atoms with van der Waals surface area (Å²) >= 11 is 0. The zero-order valence-electron chi connectivity index (χ0n) is 14.3. The fourth-order valence-electron chi connectivity index (χ4n) is 2.92. The molecule has 134 valence electrons. The van der Waals surface area contributed by atoms with Crippen molar-refractivity contribution in [3.05, 3.63) is 28.7 Å². The Morgan fingerprint density at radius 3 is 2.92 bits per heavy atom. The second-order valence-corrected chi connectivity index (χ2v) is 5.81. The van der Waals surface area contributed by atoms with E-state index in [-0.39, 0.29) is 18.6 Å². The molecule has 1 aromatic heterocycles. The molecule has 8 heteroatoms. The molecule has 1 aromatic carbocycles. The highest BCUT2D eigenvalue weighted by Gasteiger charge is 2.18. The van der Waals surface area contributed by atoms with Gasteiger partial charge in [0, 0.05) is 18.5 Å². The van der Waals surface area contributed by atoms with Crippen molar-refractivity contribution in [2.45, 2.75) is 25.5 Å². The van der Waals surface area contributed by atoms with Crippen molar-refractivity contribution in [2.24, 2.45) is 0 Å². The van der Waals surface area contributed by atoms with Crippen LogP contribution in [0.25, 0.3) is 10.8 Å². The lowest BCUT2D eigenvalue weighted by atomic mass is 10.1. The average molecular weight is 347 g/mol. The molecule has 1 aliphatic heterocycles. The van der Waals surface area contributed by atoms with E-state index in [2.05, 4.69) is 10.4 Å². The van der Waals surface area contributed by atoms with Gasteiger partial charge in [0.05, 0.1) is 31.9 Å². The zero-order valence-corrected chi connectivity index (χ0v) is 14.3. The van der Waals surface area contributed by atoms with Gasteiger partial charge in [-0.1, -0.05) is 0 Å². The number of methoxy groups -OCH3 is 2. The highest BCUT2D eigenvalue weighted by Crippen LogP contribution is 2.32. The summed E-state index contributed by atoms with van der Waals surface area (Å²) in [6, 6.07) is 3.44. The van der Waals surface area contributed by atoms with Gasteiger partial charge in [0.15, 0.2) is 11.5 Å². The van der Waals surface area contributed by atoms with Crippen LogP contribution in [-0.4, -0.2) is 49.2 Å². The van der Waals surface area contributed by atoms with Crippen molar-refractivity contribution >= 4 is 16.7 Å². The fourth-order valence-corrected chi connectivity index (χ4v) is 2.92. The summed E-state index contributed by atoms with van der Waals surface area (Å²) < 4.78 is 17.1. The van der Waals surface area contributed by atoms with E-state index in [1.807, 2.05) is 0 Å². The van der Waals surface area contributed by atoms with Crippen LogP contribution in [0, 0.1) is 0 Å². The third-order valence-electron chi connectivity index (χ3n) is 4.21. The molecule has 1 atom stereocenters. The maximum absolute atomic E-state index is 12.7. The Bertz CT molecular complexity index is 827. The summed E-state index contributed by atoms with van der Waals surface area (Å²) in [5.74, 6) is 0.500. The summed E-state index contributed by atoms with van der Waals surface area (Å²) in [7, 11) is 2.97. The molecule has 1 amide bonds. The summed E-state index contributed by atoms with van der Waals surface area (Å²) in [5.41, 5.74) is -0.402. The van der Waals surface area contributed by atoms with Crippen LogP contribution in [0.1, 0.15) is 12.8 Å². The molecule has 1 fully saturated rings. The van der Waals surface area contributed by atoms with Gasteiger partial charge in [-0.15, -0.1) is 0 Å². The van der Waals surface area contributed by atoms with Crippen LogP contribution in [-0.2, 0) is 16.1 Å². The first kappa shape index (κ1) is 17.2. The Morgan fingerprint density at radius 1 is 1.40 bits per heavy atom. The standard InChI is InChI=1S/C17H21N3O5/c1-23-13-6-5-11-8-19-20(17(22)15(11)16(13)24-2)10-14(21)18-9-12-4-3-7-25-12/h5-6,8,12H,3-4,7,9-10H2,1-2H3,(H,18,21)/t12-/m0/s1. The van der Waals surface area contributed by atoms with E-state index < -0.39 is 5.56 Å². The minimum atomic E-state index is -0.402. The van der Waals surface area contributed by atoms with E-state index in [0.29, 0.717) is 28.8 Å². The molecular weight excluding hydrogens is 326 g/mol. The van der Waals surface area contributed by atoms with Crippen LogP contribution in [0.2, 0.25) is 0 Å². The Morgan fingerprint density at radius 2 is 2.24 bits per heavy atom. The molecule has 1 saturated heterocycles. The molecule has 0 radical (unpaired) electrons. The molecule has 2 aromatic rings. The first-order valence-corrected chi connectivity index (χ1v) is 8.13. The monoisotopic (exact) mass is 347 g/mol. The molecule has 0 unspecified atom stereocenters.